The Balaban J connectivity index is 1.24. The fraction of sp³-hybridized carbons (Fsp3) is 0.381. The third-order valence-electron chi connectivity index (χ3n) is 5.24. The van der Waals surface area contributed by atoms with Crippen LogP contribution in [0.15, 0.2) is 41.8 Å². The minimum absolute atomic E-state index is 0.0277. The van der Waals surface area contributed by atoms with E-state index in [4.69, 9.17) is 4.74 Å². The summed E-state index contributed by atoms with van der Waals surface area (Å²) in [5.41, 5.74) is 0.859. The second kappa shape index (κ2) is 8.65. The van der Waals surface area contributed by atoms with E-state index in [1.54, 1.807) is 26.8 Å². The van der Waals surface area contributed by atoms with E-state index in [1.807, 2.05) is 29.6 Å². The predicted octanol–water partition coefficient (Wildman–Crippen LogP) is 2.24. The van der Waals surface area contributed by atoms with Crippen molar-refractivity contribution in [3.05, 3.63) is 46.7 Å². The van der Waals surface area contributed by atoms with E-state index in [2.05, 4.69) is 0 Å². The van der Waals surface area contributed by atoms with Crippen molar-refractivity contribution in [3.8, 4) is 5.75 Å². The van der Waals surface area contributed by atoms with Crippen molar-refractivity contribution >= 4 is 34.7 Å². The highest BCUT2D eigenvalue weighted by Gasteiger charge is 2.25. The van der Waals surface area contributed by atoms with Crippen molar-refractivity contribution in [1.82, 2.24) is 9.80 Å². The molecule has 0 saturated carbocycles. The van der Waals surface area contributed by atoms with Gasteiger partial charge in [0.1, 0.15) is 5.75 Å². The van der Waals surface area contributed by atoms with Crippen LogP contribution in [-0.2, 0) is 9.59 Å². The molecule has 1 aromatic heterocycles. The lowest BCUT2D eigenvalue weighted by molar-refractivity contribution is -0.134. The summed E-state index contributed by atoms with van der Waals surface area (Å²) in [5.74, 6) is 0.678. The van der Waals surface area contributed by atoms with Gasteiger partial charge < -0.3 is 19.4 Å². The van der Waals surface area contributed by atoms with Gasteiger partial charge in [-0.15, -0.1) is 11.3 Å². The molecule has 0 aliphatic carbocycles. The van der Waals surface area contributed by atoms with Crippen LogP contribution < -0.4 is 9.64 Å². The van der Waals surface area contributed by atoms with E-state index in [9.17, 15) is 14.4 Å². The molecule has 0 N–H and O–H groups in total. The van der Waals surface area contributed by atoms with Crippen LogP contribution in [0.4, 0.5) is 5.69 Å². The van der Waals surface area contributed by atoms with Crippen LogP contribution in [0.2, 0.25) is 0 Å². The summed E-state index contributed by atoms with van der Waals surface area (Å²) in [6.45, 7) is 2.78. The van der Waals surface area contributed by atoms with Gasteiger partial charge in [0.25, 0.3) is 11.8 Å². The molecule has 152 valence electrons. The zero-order valence-corrected chi connectivity index (χ0v) is 16.9. The maximum Gasteiger partial charge on any atom is 0.264 e. The molecule has 3 heterocycles. The van der Waals surface area contributed by atoms with Gasteiger partial charge in [-0.1, -0.05) is 6.07 Å². The number of amides is 3. The molecule has 0 unspecified atom stereocenters. The van der Waals surface area contributed by atoms with Gasteiger partial charge in [0.05, 0.1) is 4.88 Å². The van der Waals surface area contributed by atoms with Crippen LogP contribution in [0.3, 0.4) is 0 Å². The minimum Gasteiger partial charge on any atom is -0.484 e. The summed E-state index contributed by atoms with van der Waals surface area (Å²) in [7, 11) is 0. The molecule has 0 spiro atoms. The molecule has 2 fully saturated rings. The Kier molecular flexibility index (Phi) is 5.80. The first-order valence-corrected chi connectivity index (χ1v) is 10.6. The molecule has 1 aromatic carbocycles. The molecule has 29 heavy (non-hydrogen) atoms. The number of ether oxygens (including phenoxy) is 1. The Hall–Kier alpha value is -2.87. The van der Waals surface area contributed by atoms with Gasteiger partial charge >= 0.3 is 0 Å². The molecule has 2 aliphatic heterocycles. The number of carbonyl (C=O) groups excluding carboxylic acids is 3. The van der Waals surface area contributed by atoms with E-state index >= 15 is 0 Å². The standard InChI is InChI=1S/C21H23N3O4S/c25-19-4-1-9-24(19)16-5-7-17(8-6-16)28-15-20(26)22-10-12-23(13-11-22)21(27)18-3-2-14-29-18/h2-3,5-8,14H,1,4,9-13,15H2. The smallest absolute Gasteiger partial charge is 0.264 e. The number of benzene rings is 1. The fourth-order valence-corrected chi connectivity index (χ4v) is 4.29. The first-order chi connectivity index (χ1) is 14.1. The van der Waals surface area contributed by atoms with Gasteiger partial charge in [0.15, 0.2) is 6.61 Å². The van der Waals surface area contributed by atoms with E-state index in [0.29, 0.717) is 38.3 Å². The van der Waals surface area contributed by atoms with Crippen LogP contribution in [-0.4, -0.2) is 66.9 Å². The molecule has 7 nitrogen and oxygen atoms in total. The molecule has 3 amide bonds. The van der Waals surface area contributed by atoms with Crippen molar-refractivity contribution in [2.75, 3.05) is 44.2 Å². The number of carbonyl (C=O) groups is 3. The topological polar surface area (TPSA) is 70.2 Å². The van der Waals surface area contributed by atoms with Gasteiger partial charge in [-0.3, -0.25) is 14.4 Å². The average molecular weight is 413 g/mol. The summed E-state index contributed by atoms with van der Waals surface area (Å²) < 4.78 is 5.63. The quantitative estimate of drug-likeness (QED) is 0.754. The largest absolute Gasteiger partial charge is 0.484 e. The summed E-state index contributed by atoms with van der Waals surface area (Å²) in [5, 5.41) is 1.89. The maximum absolute atomic E-state index is 12.4. The lowest BCUT2D eigenvalue weighted by atomic mass is 10.2. The number of hydrogen-bond acceptors (Lipinski definition) is 5. The Labute approximate surface area is 173 Å². The number of piperazine rings is 1. The van der Waals surface area contributed by atoms with Crippen LogP contribution in [0.25, 0.3) is 0 Å². The van der Waals surface area contributed by atoms with E-state index in [1.165, 1.54) is 11.3 Å². The highest BCUT2D eigenvalue weighted by molar-refractivity contribution is 7.12. The van der Waals surface area contributed by atoms with E-state index < -0.39 is 0 Å². The van der Waals surface area contributed by atoms with Gasteiger partial charge in [0.2, 0.25) is 5.91 Å². The Morgan fingerprint density at radius 2 is 1.69 bits per heavy atom. The molecular weight excluding hydrogens is 390 g/mol. The normalized spacial score (nSPS) is 17.0. The van der Waals surface area contributed by atoms with Crippen molar-refractivity contribution in [2.24, 2.45) is 0 Å². The molecular formula is C21H23N3O4S. The average Bonchev–Trinajstić information content (AvgIpc) is 3.44. The third kappa shape index (κ3) is 4.42. The molecule has 0 atom stereocenters. The molecule has 2 saturated heterocycles. The third-order valence-corrected chi connectivity index (χ3v) is 6.09. The first-order valence-electron chi connectivity index (χ1n) is 9.75. The molecule has 2 aromatic rings. The minimum atomic E-state index is -0.0907. The van der Waals surface area contributed by atoms with Gasteiger partial charge in [-0.2, -0.15) is 0 Å². The fourth-order valence-electron chi connectivity index (χ4n) is 3.59. The molecule has 8 heteroatoms. The van der Waals surface area contributed by atoms with Gasteiger partial charge in [-0.05, 0) is 42.1 Å². The maximum atomic E-state index is 12.4. The lowest BCUT2D eigenvalue weighted by Gasteiger charge is -2.34. The highest BCUT2D eigenvalue weighted by atomic mass is 32.1. The first kappa shape index (κ1) is 19.4. The van der Waals surface area contributed by atoms with Crippen LogP contribution >= 0.6 is 11.3 Å². The number of hydrogen-bond donors (Lipinski definition) is 0. The van der Waals surface area contributed by atoms with Crippen LogP contribution in [0.1, 0.15) is 22.5 Å². The second-order valence-electron chi connectivity index (χ2n) is 7.08. The Morgan fingerprint density at radius 1 is 0.966 bits per heavy atom. The SMILES string of the molecule is O=C(COc1ccc(N2CCCC2=O)cc1)N1CCN(C(=O)c2cccs2)CC1. The van der Waals surface area contributed by atoms with E-state index in [-0.39, 0.29) is 24.3 Å². The zero-order chi connectivity index (χ0) is 20.2. The van der Waals surface area contributed by atoms with Gasteiger partial charge in [-0.25, -0.2) is 0 Å². The summed E-state index contributed by atoms with van der Waals surface area (Å²) in [6, 6.07) is 10.9. The molecule has 4 rings (SSSR count). The summed E-state index contributed by atoms with van der Waals surface area (Å²) in [6.07, 6.45) is 1.48. The van der Waals surface area contributed by atoms with Crippen LogP contribution in [0, 0.1) is 0 Å². The van der Waals surface area contributed by atoms with Gasteiger partial charge in [0, 0.05) is 44.8 Å². The van der Waals surface area contributed by atoms with E-state index in [0.717, 1.165) is 23.5 Å². The van der Waals surface area contributed by atoms with Crippen LogP contribution in [0.5, 0.6) is 5.75 Å². The van der Waals surface area contributed by atoms with Crippen molar-refractivity contribution in [2.45, 2.75) is 12.8 Å². The number of anilines is 1. The molecule has 0 bridgehead atoms. The zero-order valence-electron chi connectivity index (χ0n) is 16.1. The Morgan fingerprint density at radius 3 is 2.31 bits per heavy atom. The summed E-state index contributed by atoms with van der Waals surface area (Å²) in [4.78, 5) is 42.6. The lowest BCUT2D eigenvalue weighted by Crippen LogP contribution is -2.51. The number of rotatable bonds is 5. The second-order valence-corrected chi connectivity index (χ2v) is 8.03. The highest BCUT2D eigenvalue weighted by Crippen LogP contribution is 2.24. The number of thiophene rings is 1. The van der Waals surface area contributed by atoms with Crippen molar-refractivity contribution in [3.63, 3.8) is 0 Å². The molecule has 2 aliphatic rings. The predicted molar refractivity (Wildman–Crippen MR) is 110 cm³/mol. The van der Waals surface area contributed by atoms with Crippen molar-refractivity contribution in [1.29, 1.82) is 0 Å². The summed E-state index contributed by atoms with van der Waals surface area (Å²) >= 11 is 1.43. The monoisotopic (exact) mass is 413 g/mol. The Bertz CT molecular complexity index is 874. The number of nitrogens with zero attached hydrogens (tertiary/aromatic N) is 3. The molecule has 0 radical (unpaired) electrons. The van der Waals surface area contributed by atoms with Crippen molar-refractivity contribution < 1.29 is 19.1 Å².